The minimum atomic E-state index is -5.07. The number of benzene rings is 1. The molecule has 4 N–H and O–H groups in total. The highest BCUT2D eigenvalue weighted by atomic mass is 35.5. The number of halogens is 3. The summed E-state index contributed by atoms with van der Waals surface area (Å²) < 4.78 is 22.2. The van der Waals surface area contributed by atoms with Gasteiger partial charge in [-0.3, -0.25) is 13.9 Å². The van der Waals surface area contributed by atoms with Gasteiger partial charge in [0.25, 0.3) is 0 Å². The molecule has 0 fully saturated rings. The van der Waals surface area contributed by atoms with Crippen molar-refractivity contribution in [3.8, 4) is 0 Å². The van der Waals surface area contributed by atoms with Gasteiger partial charge in [-0.25, -0.2) is 0 Å². The van der Waals surface area contributed by atoms with Crippen molar-refractivity contribution in [2.45, 2.75) is 18.2 Å². The van der Waals surface area contributed by atoms with Gasteiger partial charge >= 0.3 is 15.2 Å². The predicted molar refractivity (Wildman–Crippen MR) is 82.9 cm³/mol. The van der Waals surface area contributed by atoms with Gasteiger partial charge in [0.1, 0.15) is 0 Å². The lowest BCUT2D eigenvalue weighted by atomic mass is 10.1. The molecule has 1 aromatic carbocycles. The van der Waals surface area contributed by atoms with Gasteiger partial charge in [-0.2, -0.15) is 0 Å². The molecule has 0 spiro atoms. The Balaban J connectivity index is 2.97. The van der Waals surface area contributed by atoms with Gasteiger partial charge in [-0.15, -0.1) is 0 Å². The summed E-state index contributed by atoms with van der Waals surface area (Å²) >= 11 is 17.3. The highest BCUT2D eigenvalue weighted by Gasteiger charge is 2.43. The lowest BCUT2D eigenvalue weighted by Gasteiger charge is -2.19. The molecule has 0 unspecified atom stereocenters. The topological polar surface area (TPSA) is 132 Å². The maximum atomic E-state index is 12.0. The van der Waals surface area contributed by atoms with Crippen LogP contribution >= 0.6 is 50.0 Å². The Labute approximate surface area is 140 Å². The van der Waals surface area contributed by atoms with Crippen molar-refractivity contribution in [1.82, 2.24) is 0 Å². The van der Waals surface area contributed by atoms with E-state index >= 15 is 0 Å². The van der Waals surface area contributed by atoms with Crippen LogP contribution in [0.2, 0.25) is 15.1 Å². The minimum absolute atomic E-state index is 0.0498. The molecule has 0 saturated heterocycles. The third-order valence-electron chi connectivity index (χ3n) is 2.74. The van der Waals surface area contributed by atoms with Crippen LogP contribution in [-0.4, -0.2) is 30.8 Å². The highest BCUT2D eigenvalue weighted by Crippen LogP contribution is 2.61. The number of carbonyl (C=O) groups is 1. The zero-order valence-electron chi connectivity index (χ0n) is 10.7. The number of hydrogen-bond acceptors (Lipinski definition) is 3. The number of ketones is 1. The maximum absolute atomic E-state index is 12.0. The Hall–Kier alpha value is 0.0600. The number of rotatable bonds is 6. The molecule has 0 aliphatic carbocycles. The van der Waals surface area contributed by atoms with Crippen LogP contribution < -0.4 is 0 Å². The van der Waals surface area contributed by atoms with E-state index in [2.05, 4.69) is 0 Å². The van der Waals surface area contributed by atoms with Gasteiger partial charge in [-0.05, 0) is 18.6 Å². The maximum Gasteiger partial charge on any atom is 0.340 e. The molecule has 0 heterocycles. The van der Waals surface area contributed by atoms with E-state index in [4.69, 9.17) is 54.4 Å². The molecule has 12 heteroatoms. The summed E-state index contributed by atoms with van der Waals surface area (Å²) in [6.07, 6.45) is -1.23. The standard InChI is InChI=1S/C10H11Cl3O7P2/c11-6-2-1-5(9(12)10(6)13)7(14)3-4-8(21(15,16)17)22(18,19)20/h1-2,8H,3-4H2,(H2,15,16,17)(H2,18,19,20). The second kappa shape index (κ2) is 7.31. The number of hydrogen-bond donors (Lipinski definition) is 4. The van der Waals surface area contributed by atoms with Crippen LogP contribution in [0.4, 0.5) is 0 Å². The Morgan fingerprint density at radius 2 is 1.50 bits per heavy atom. The van der Waals surface area contributed by atoms with Crippen LogP contribution in [0.25, 0.3) is 0 Å². The Bertz CT molecular complexity index is 659. The second-order valence-corrected chi connectivity index (χ2v) is 9.52. The molecular weight excluding hydrogens is 400 g/mol. The molecule has 22 heavy (non-hydrogen) atoms. The molecule has 124 valence electrons. The van der Waals surface area contributed by atoms with E-state index in [0.29, 0.717) is 0 Å². The molecule has 1 aromatic rings. The van der Waals surface area contributed by atoms with Crippen LogP contribution in [0.5, 0.6) is 0 Å². The first kappa shape index (κ1) is 20.1. The summed E-state index contributed by atoms with van der Waals surface area (Å²) in [7, 11) is -10.1. The molecular formula is C10H11Cl3O7P2. The van der Waals surface area contributed by atoms with Gasteiger partial charge in [0, 0.05) is 12.0 Å². The largest absolute Gasteiger partial charge is 0.340 e. The average molecular weight is 411 g/mol. The summed E-state index contributed by atoms with van der Waals surface area (Å²) in [5.41, 5.74) is -0.0498. The molecule has 0 aliphatic rings. The van der Waals surface area contributed by atoms with Crippen LogP contribution in [0.3, 0.4) is 0 Å². The molecule has 0 saturated carbocycles. The molecule has 0 radical (unpaired) electrons. The molecule has 0 atom stereocenters. The van der Waals surface area contributed by atoms with Crippen molar-refractivity contribution < 1.29 is 33.5 Å². The van der Waals surface area contributed by atoms with Crippen molar-refractivity contribution >= 4 is 55.8 Å². The van der Waals surface area contributed by atoms with Crippen LogP contribution in [0, 0.1) is 0 Å². The van der Waals surface area contributed by atoms with E-state index in [0.717, 1.165) is 0 Å². The molecule has 0 aromatic heterocycles. The van der Waals surface area contributed by atoms with Crippen molar-refractivity contribution in [2.75, 3.05) is 0 Å². The number of Topliss-reactive ketones (excluding diaryl/α,β-unsaturated/α-hetero) is 1. The molecule has 1 rings (SSSR count). The third kappa shape index (κ3) is 5.03. The van der Waals surface area contributed by atoms with E-state index < -0.39 is 39.2 Å². The fourth-order valence-corrected chi connectivity index (χ4v) is 4.81. The normalized spacial score (nSPS) is 12.7. The van der Waals surface area contributed by atoms with Gasteiger partial charge < -0.3 is 19.6 Å². The van der Waals surface area contributed by atoms with Crippen LogP contribution in [0.1, 0.15) is 23.2 Å². The first-order valence-electron chi connectivity index (χ1n) is 5.63. The summed E-state index contributed by atoms with van der Waals surface area (Å²) in [5.74, 6) is -0.671. The molecule has 7 nitrogen and oxygen atoms in total. The summed E-state index contributed by atoms with van der Waals surface area (Å²) in [5, 5.41) is -2.32. The monoisotopic (exact) mass is 410 g/mol. The molecule has 0 aliphatic heterocycles. The SMILES string of the molecule is O=C(CCC(P(=O)(O)O)P(=O)(O)O)c1ccc(Cl)c(Cl)c1Cl. The predicted octanol–water partition coefficient (Wildman–Crippen LogP) is 3.29. The van der Waals surface area contributed by atoms with Crippen molar-refractivity contribution in [1.29, 1.82) is 0 Å². The third-order valence-corrected chi connectivity index (χ3v) is 7.91. The van der Waals surface area contributed by atoms with E-state index in [1.54, 1.807) is 0 Å². The van der Waals surface area contributed by atoms with Gasteiger partial charge in [0.05, 0.1) is 15.1 Å². The quantitative estimate of drug-likeness (QED) is 0.321. The van der Waals surface area contributed by atoms with Gasteiger partial charge in [0.15, 0.2) is 11.2 Å². The van der Waals surface area contributed by atoms with Gasteiger partial charge in [0.2, 0.25) is 0 Å². The van der Waals surface area contributed by atoms with Crippen molar-refractivity contribution in [3.05, 3.63) is 32.8 Å². The van der Waals surface area contributed by atoms with Crippen molar-refractivity contribution in [2.24, 2.45) is 0 Å². The highest BCUT2D eigenvalue weighted by molar-refractivity contribution is 7.70. The van der Waals surface area contributed by atoms with Crippen molar-refractivity contribution in [3.63, 3.8) is 0 Å². The van der Waals surface area contributed by atoms with E-state index in [9.17, 15) is 13.9 Å². The molecule has 0 bridgehead atoms. The lowest BCUT2D eigenvalue weighted by Crippen LogP contribution is -2.12. The minimum Gasteiger partial charge on any atom is -0.324 e. The fraction of sp³-hybridized carbons (Fsp3) is 0.300. The van der Waals surface area contributed by atoms with Crippen LogP contribution in [-0.2, 0) is 9.13 Å². The Kier molecular flexibility index (Phi) is 6.68. The van der Waals surface area contributed by atoms with Crippen LogP contribution in [0.15, 0.2) is 12.1 Å². The van der Waals surface area contributed by atoms with E-state index in [1.807, 2.05) is 0 Å². The summed E-state index contributed by atoms with van der Waals surface area (Å²) in [6, 6.07) is 2.58. The zero-order chi connectivity index (χ0) is 17.3. The number of carbonyl (C=O) groups excluding carboxylic acids is 1. The first-order chi connectivity index (χ1) is 9.85. The first-order valence-corrected chi connectivity index (χ1v) is 10.1. The fourth-order valence-electron chi connectivity index (χ4n) is 1.67. The lowest BCUT2D eigenvalue weighted by molar-refractivity contribution is 0.0981. The molecule has 0 amide bonds. The van der Waals surface area contributed by atoms with E-state index in [1.165, 1.54) is 12.1 Å². The zero-order valence-corrected chi connectivity index (χ0v) is 14.7. The average Bonchev–Trinajstić information content (AvgIpc) is 2.32. The van der Waals surface area contributed by atoms with E-state index in [-0.39, 0.29) is 20.6 Å². The Morgan fingerprint density at radius 3 is 1.95 bits per heavy atom. The van der Waals surface area contributed by atoms with Gasteiger partial charge in [-0.1, -0.05) is 34.8 Å². The second-order valence-electron chi connectivity index (χ2n) is 4.34. The summed E-state index contributed by atoms with van der Waals surface area (Å²) in [6.45, 7) is 0. The summed E-state index contributed by atoms with van der Waals surface area (Å²) in [4.78, 5) is 47.9. The smallest absolute Gasteiger partial charge is 0.324 e. The Morgan fingerprint density at radius 1 is 1.00 bits per heavy atom.